The van der Waals surface area contributed by atoms with Crippen LogP contribution in [0.1, 0.15) is 56.7 Å². The van der Waals surface area contributed by atoms with Crippen LogP contribution < -0.4 is 10.6 Å². The van der Waals surface area contributed by atoms with Crippen molar-refractivity contribution in [1.29, 1.82) is 0 Å². The number of Topliss-reactive ketones (excluding diaryl/α,β-unsaturated/α-hetero) is 1. The van der Waals surface area contributed by atoms with Gasteiger partial charge in [0.25, 0.3) is 0 Å². The van der Waals surface area contributed by atoms with Crippen molar-refractivity contribution in [2.75, 3.05) is 47.8 Å². The van der Waals surface area contributed by atoms with Crippen LogP contribution in [0.5, 0.6) is 0 Å². The highest BCUT2D eigenvalue weighted by Gasteiger charge is 2.02. The van der Waals surface area contributed by atoms with E-state index in [4.69, 9.17) is 10.2 Å². The summed E-state index contributed by atoms with van der Waals surface area (Å²) in [6.07, 6.45) is 1.96. The molecule has 0 spiro atoms. The number of ketones is 1. The largest absolute Gasteiger partial charge is 0.393 e. The van der Waals surface area contributed by atoms with Crippen molar-refractivity contribution >= 4 is 5.78 Å². The summed E-state index contributed by atoms with van der Waals surface area (Å²) in [5.41, 5.74) is 3.94. The summed E-state index contributed by atoms with van der Waals surface area (Å²) in [6, 6.07) is 31.0. The lowest BCUT2D eigenvalue weighted by molar-refractivity contribution is -0.117. The maximum Gasteiger partial charge on any atom is 0.131 e. The number of hydrogen-bond acceptors (Lipinski definition) is 7. The lowest BCUT2D eigenvalue weighted by atomic mass is 10.2. The molecular formula is C37H60N4O3. The molecule has 7 heteroatoms. The molecular weight excluding hydrogens is 548 g/mol. The van der Waals surface area contributed by atoms with E-state index in [2.05, 4.69) is 76.0 Å². The highest BCUT2D eigenvalue weighted by molar-refractivity contribution is 5.75. The van der Waals surface area contributed by atoms with Gasteiger partial charge in [-0.2, -0.15) is 0 Å². The van der Waals surface area contributed by atoms with Gasteiger partial charge in [-0.15, -0.1) is 0 Å². The second-order valence-corrected chi connectivity index (χ2v) is 11.3. The smallest absolute Gasteiger partial charge is 0.131 e. The van der Waals surface area contributed by atoms with Gasteiger partial charge in [0.15, 0.2) is 0 Å². The number of rotatable bonds is 15. The van der Waals surface area contributed by atoms with Gasteiger partial charge in [0.2, 0.25) is 0 Å². The van der Waals surface area contributed by atoms with Crippen molar-refractivity contribution < 1.29 is 15.0 Å². The van der Waals surface area contributed by atoms with Gasteiger partial charge < -0.3 is 30.6 Å². The fourth-order valence-electron chi connectivity index (χ4n) is 3.86. The van der Waals surface area contributed by atoms with Crippen LogP contribution >= 0.6 is 0 Å². The lowest BCUT2D eigenvalue weighted by Gasteiger charge is -2.17. The number of aliphatic hydroxyl groups is 2. The third kappa shape index (κ3) is 26.7. The Morgan fingerprint density at radius 2 is 1.07 bits per heavy atom. The molecule has 2 atom stereocenters. The second-order valence-electron chi connectivity index (χ2n) is 11.3. The van der Waals surface area contributed by atoms with Crippen molar-refractivity contribution in [2.24, 2.45) is 0 Å². The molecule has 0 radical (unpaired) electrons. The maximum absolute atomic E-state index is 10.8. The first-order valence-electron chi connectivity index (χ1n) is 15.7. The van der Waals surface area contributed by atoms with Crippen molar-refractivity contribution in [3.05, 3.63) is 108 Å². The number of aliphatic hydroxyl groups excluding tert-OH is 2. The highest BCUT2D eigenvalue weighted by atomic mass is 16.3. The Hall–Kier alpha value is -2.91. The van der Waals surface area contributed by atoms with Gasteiger partial charge in [-0.3, -0.25) is 4.79 Å². The molecule has 2 unspecified atom stereocenters. The van der Waals surface area contributed by atoms with Crippen LogP contribution in [-0.2, 0) is 24.4 Å². The molecule has 0 heterocycles. The molecule has 0 fully saturated rings. The predicted molar refractivity (Wildman–Crippen MR) is 187 cm³/mol. The van der Waals surface area contributed by atoms with Gasteiger partial charge in [0.05, 0.1) is 12.2 Å². The number of hydrogen-bond donors (Lipinski definition) is 4. The Morgan fingerprint density at radius 1 is 0.659 bits per heavy atom. The van der Waals surface area contributed by atoms with E-state index in [0.29, 0.717) is 6.42 Å². The van der Waals surface area contributed by atoms with Crippen molar-refractivity contribution in [3.63, 3.8) is 0 Å². The normalized spacial score (nSPS) is 11.7. The first kappa shape index (κ1) is 41.1. The van der Waals surface area contributed by atoms with Crippen LogP contribution in [0, 0.1) is 0 Å². The van der Waals surface area contributed by atoms with E-state index in [0.717, 1.165) is 52.1 Å². The number of carbonyl (C=O) groups is 1. The van der Waals surface area contributed by atoms with Crippen LogP contribution in [0.15, 0.2) is 91.0 Å². The van der Waals surface area contributed by atoms with Gasteiger partial charge in [-0.1, -0.05) is 91.0 Å². The minimum absolute atomic E-state index is 0.160. The summed E-state index contributed by atoms with van der Waals surface area (Å²) in [6.45, 7) is 10.8. The average molecular weight is 609 g/mol. The summed E-state index contributed by atoms with van der Waals surface area (Å²) in [4.78, 5) is 15.2. The van der Waals surface area contributed by atoms with Crippen molar-refractivity contribution in [1.82, 2.24) is 20.4 Å². The van der Waals surface area contributed by atoms with Gasteiger partial charge in [-0.25, -0.2) is 0 Å². The van der Waals surface area contributed by atoms with Gasteiger partial charge in [0.1, 0.15) is 5.78 Å². The van der Waals surface area contributed by atoms with Crippen LogP contribution in [0.25, 0.3) is 0 Å². The Bertz CT molecular complexity index is 1030. The van der Waals surface area contributed by atoms with Gasteiger partial charge >= 0.3 is 0 Å². The van der Waals surface area contributed by atoms with Crippen molar-refractivity contribution in [2.45, 2.75) is 71.9 Å². The monoisotopic (exact) mass is 608 g/mol. The molecule has 0 amide bonds. The summed E-state index contributed by atoms with van der Waals surface area (Å²) in [7, 11) is 7.95. The lowest BCUT2D eigenvalue weighted by Crippen LogP contribution is -2.21. The van der Waals surface area contributed by atoms with E-state index in [1.165, 1.54) is 16.7 Å². The molecule has 0 saturated carbocycles. The zero-order valence-corrected chi connectivity index (χ0v) is 28.4. The van der Waals surface area contributed by atoms with E-state index in [1.54, 1.807) is 13.8 Å². The summed E-state index contributed by atoms with van der Waals surface area (Å²) >= 11 is 0. The Labute approximate surface area is 268 Å². The Balaban J connectivity index is 0.000000582. The Morgan fingerprint density at radius 3 is 1.41 bits per heavy atom. The predicted octanol–water partition coefficient (Wildman–Crippen LogP) is 5.37. The first-order chi connectivity index (χ1) is 21.1. The number of nitrogens with one attached hydrogen (secondary N) is 2. The van der Waals surface area contributed by atoms with Crippen LogP contribution in [-0.4, -0.2) is 85.8 Å². The molecule has 246 valence electrons. The molecule has 4 N–H and O–H groups in total. The quantitative estimate of drug-likeness (QED) is 0.185. The Kier molecular flexibility index (Phi) is 25.8. The molecule has 0 bridgehead atoms. The molecule has 44 heavy (non-hydrogen) atoms. The first-order valence-corrected chi connectivity index (χ1v) is 15.7. The van der Waals surface area contributed by atoms with Gasteiger partial charge in [0, 0.05) is 39.1 Å². The molecule has 0 aliphatic rings. The summed E-state index contributed by atoms with van der Waals surface area (Å²) in [5.74, 6) is 0.255. The summed E-state index contributed by atoms with van der Waals surface area (Å²) in [5, 5.41) is 23.8. The minimum Gasteiger partial charge on any atom is -0.393 e. The van der Waals surface area contributed by atoms with Crippen LogP contribution in [0.4, 0.5) is 0 Å². The number of nitrogens with zero attached hydrogens (tertiary/aromatic N) is 2. The fraction of sp³-hybridized carbons (Fsp3) is 0.486. The molecule has 0 saturated heterocycles. The third-order valence-electron chi connectivity index (χ3n) is 6.40. The SMILES string of the molecule is CC(=O)CCN(C)Cc1ccccc1.CC(O)CCN(C)Cc1ccccc1.CNCCC(C)O.CNCc1ccccc1. The summed E-state index contributed by atoms with van der Waals surface area (Å²) < 4.78 is 0. The number of benzene rings is 3. The molecule has 0 aromatic heterocycles. The van der Waals surface area contributed by atoms with Crippen LogP contribution in [0.3, 0.4) is 0 Å². The van der Waals surface area contributed by atoms with E-state index in [-0.39, 0.29) is 18.0 Å². The zero-order valence-electron chi connectivity index (χ0n) is 28.4. The minimum atomic E-state index is -0.201. The maximum atomic E-state index is 10.8. The average Bonchev–Trinajstić information content (AvgIpc) is 3.01. The van der Waals surface area contributed by atoms with Crippen LogP contribution in [0.2, 0.25) is 0 Å². The molecule has 0 aliphatic carbocycles. The van der Waals surface area contributed by atoms with E-state index in [9.17, 15) is 4.79 Å². The molecule has 3 aromatic carbocycles. The fourth-order valence-corrected chi connectivity index (χ4v) is 3.86. The molecule has 0 aliphatic heterocycles. The molecule has 3 rings (SSSR count). The zero-order chi connectivity index (χ0) is 33.0. The standard InChI is InChI=1S/C12H19NO.C12H17NO.C8H11N.C5H13NO/c2*1-11(14)8-9-13(2)10-12-6-4-3-5-7-12;1-9-7-8-5-3-2-4-6-8;1-5(7)3-4-6-2/h3-7,11,14H,8-10H2,1-2H3;3-7H,8-10H2,1-2H3;2-6,9H,7H2,1H3;5-7H,3-4H2,1-2H3. The topological polar surface area (TPSA) is 88.1 Å². The second kappa shape index (κ2) is 27.6. The van der Waals surface area contributed by atoms with E-state index < -0.39 is 0 Å². The van der Waals surface area contributed by atoms with E-state index >= 15 is 0 Å². The molecule has 7 nitrogen and oxygen atoms in total. The van der Waals surface area contributed by atoms with E-state index in [1.807, 2.05) is 70.5 Å². The van der Waals surface area contributed by atoms with Crippen molar-refractivity contribution in [3.8, 4) is 0 Å². The molecule has 3 aromatic rings. The highest BCUT2D eigenvalue weighted by Crippen LogP contribution is 2.04. The number of carbonyl (C=O) groups excluding carboxylic acids is 1. The van der Waals surface area contributed by atoms with Gasteiger partial charge in [-0.05, 0) is 85.0 Å². The third-order valence-corrected chi connectivity index (χ3v) is 6.40.